The van der Waals surface area contributed by atoms with E-state index in [1.165, 1.54) is 11.1 Å². The van der Waals surface area contributed by atoms with Crippen LogP contribution < -0.4 is 5.32 Å². The smallest absolute Gasteiger partial charge is 0.318 e. The topological polar surface area (TPSA) is 91.5 Å². The summed E-state index contributed by atoms with van der Waals surface area (Å²) in [6.45, 7) is 2.49. The third-order valence-corrected chi connectivity index (χ3v) is 4.26. The highest BCUT2D eigenvalue weighted by Gasteiger charge is 2.30. The molecule has 1 atom stereocenters. The summed E-state index contributed by atoms with van der Waals surface area (Å²) in [4.78, 5) is 18.6. The first-order valence-electron chi connectivity index (χ1n) is 8.21. The largest absolute Gasteiger partial charge is 0.396 e. The first-order chi connectivity index (χ1) is 11.7. The van der Waals surface area contributed by atoms with E-state index >= 15 is 0 Å². The van der Waals surface area contributed by atoms with Gasteiger partial charge in [0, 0.05) is 13.2 Å². The number of aliphatic hydroxyl groups is 1. The minimum atomic E-state index is -0.180. The van der Waals surface area contributed by atoms with E-state index in [9.17, 15) is 4.79 Å². The Morgan fingerprint density at radius 1 is 1.46 bits per heavy atom. The van der Waals surface area contributed by atoms with Crippen molar-refractivity contribution in [2.45, 2.75) is 38.8 Å². The van der Waals surface area contributed by atoms with Gasteiger partial charge < -0.3 is 19.8 Å². The van der Waals surface area contributed by atoms with Crippen LogP contribution in [0.2, 0.25) is 0 Å². The average Bonchev–Trinajstić information content (AvgIpc) is 3.20. The lowest BCUT2D eigenvalue weighted by molar-refractivity contribution is 0.163. The number of aryl methyl sites for hydroxylation is 2. The summed E-state index contributed by atoms with van der Waals surface area (Å²) in [5.41, 5.74) is 2.48. The second kappa shape index (κ2) is 7.44. The SMILES string of the molecule is Cc1noc(CNC(=O)N(CCCO)C2CCc3ccccc32)n1. The summed E-state index contributed by atoms with van der Waals surface area (Å²) in [7, 11) is 0. The van der Waals surface area contributed by atoms with E-state index in [-0.39, 0.29) is 25.2 Å². The van der Waals surface area contributed by atoms with Crippen LogP contribution in [0.15, 0.2) is 28.8 Å². The highest BCUT2D eigenvalue weighted by molar-refractivity contribution is 5.75. The van der Waals surface area contributed by atoms with Gasteiger partial charge >= 0.3 is 6.03 Å². The molecule has 0 saturated carbocycles. The van der Waals surface area contributed by atoms with Gasteiger partial charge in [-0.3, -0.25) is 0 Å². The van der Waals surface area contributed by atoms with Crippen LogP contribution in [0.25, 0.3) is 0 Å². The molecule has 0 spiro atoms. The predicted molar refractivity (Wildman–Crippen MR) is 87.2 cm³/mol. The number of carbonyl (C=O) groups excluding carboxylic acids is 1. The molecule has 0 saturated heterocycles. The van der Waals surface area contributed by atoms with Crippen LogP contribution in [0.5, 0.6) is 0 Å². The number of nitrogens with one attached hydrogen (secondary N) is 1. The van der Waals surface area contributed by atoms with Crippen LogP contribution in [-0.4, -0.2) is 39.3 Å². The summed E-state index contributed by atoms with van der Waals surface area (Å²) in [5.74, 6) is 0.927. The summed E-state index contributed by atoms with van der Waals surface area (Å²) >= 11 is 0. The van der Waals surface area contributed by atoms with Gasteiger partial charge in [0.05, 0.1) is 12.6 Å². The quantitative estimate of drug-likeness (QED) is 0.845. The third-order valence-electron chi connectivity index (χ3n) is 4.26. The second-order valence-electron chi connectivity index (χ2n) is 5.92. The molecule has 1 aliphatic rings. The Balaban J connectivity index is 1.70. The average molecular weight is 330 g/mol. The molecule has 7 nitrogen and oxygen atoms in total. The van der Waals surface area contributed by atoms with Crippen molar-refractivity contribution < 1.29 is 14.4 Å². The third kappa shape index (κ3) is 3.56. The van der Waals surface area contributed by atoms with Gasteiger partial charge in [0.1, 0.15) is 0 Å². The molecule has 0 bridgehead atoms. The molecule has 1 heterocycles. The van der Waals surface area contributed by atoms with Gasteiger partial charge in [0.15, 0.2) is 5.82 Å². The molecule has 1 aromatic carbocycles. The van der Waals surface area contributed by atoms with E-state index in [1.807, 2.05) is 12.1 Å². The molecule has 0 radical (unpaired) electrons. The lowest BCUT2D eigenvalue weighted by Crippen LogP contribution is -2.42. The van der Waals surface area contributed by atoms with Crippen molar-refractivity contribution in [3.8, 4) is 0 Å². The Bertz CT molecular complexity index is 701. The molecule has 1 unspecified atom stereocenters. The number of benzene rings is 1. The lowest BCUT2D eigenvalue weighted by Gasteiger charge is -2.29. The van der Waals surface area contributed by atoms with E-state index in [1.54, 1.807) is 11.8 Å². The molecular formula is C17H22N4O3. The van der Waals surface area contributed by atoms with Crippen LogP contribution in [0.1, 0.15) is 41.7 Å². The van der Waals surface area contributed by atoms with Crippen molar-refractivity contribution in [2.75, 3.05) is 13.2 Å². The fraction of sp³-hybridized carbons (Fsp3) is 0.471. The van der Waals surface area contributed by atoms with Gasteiger partial charge in [0.2, 0.25) is 5.89 Å². The van der Waals surface area contributed by atoms with Gasteiger partial charge in [-0.25, -0.2) is 4.79 Å². The molecule has 1 aliphatic carbocycles. The molecule has 0 fully saturated rings. The van der Waals surface area contributed by atoms with E-state index in [4.69, 9.17) is 9.63 Å². The Kier molecular flexibility index (Phi) is 5.10. The summed E-state index contributed by atoms with van der Waals surface area (Å²) in [6, 6.07) is 8.07. The van der Waals surface area contributed by atoms with Crippen LogP contribution >= 0.6 is 0 Å². The summed E-state index contributed by atoms with van der Waals surface area (Å²) in [6.07, 6.45) is 2.41. The van der Waals surface area contributed by atoms with E-state index in [0.29, 0.717) is 24.7 Å². The van der Waals surface area contributed by atoms with Crippen molar-refractivity contribution in [1.29, 1.82) is 0 Å². The fourth-order valence-electron chi connectivity index (χ4n) is 3.16. The summed E-state index contributed by atoms with van der Waals surface area (Å²) in [5, 5.41) is 15.7. The van der Waals surface area contributed by atoms with Crippen molar-refractivity contribution in [3.05, 3.63) is 47.1 Å². The van der Waals surface area contributed by atoms with Crippen LogP contribution in [0.3, 0.4) is 0 Å². The van der Waals surface area contributed by atoms with Crippen LogP contribution in [-0.2, 0) is 13.0 Å². The number of amides is 2. The van der Waals surface area contributed by atoms with Crippen LogP contribution in [0, 0.1) is 6.92 Å². The molecule has 1 aromatic heterocycles. The Labute approximate surface area is 140 Å². The van der Waals surface area contributed by atoms with Gasteiger partial charge in [-0.2, -0.15) is 4.98 Å². The number of aromatic nitrogens is 2. The minimum Gasteiger partial charge on any atom is -0.396 e. The maximum absolute atomic E-state index is 12.7. The van der Waals surface area contributed by atoms with Gasteiger partial charge in [-0.05, 0) is 37.3 Å². The maximum Gasteiger partial charge on any atom is 0.318 e. The van der Waals surface area contributed by atoms with Crippen molar-refractivity contribution in [3.63, 3.8) is 0 Å². The number of aliphatic hydroxyl groups excluding tert-OH is 1. The standard InChI is InChI=1S/C17H22N4O3/c1-12-19-16(24-20-12)11-18-17(23)21(9-4-10-22)15-8-7-13-5-2-3-6-14(13)15/h2-3,5-6,15,22H,4,7-11H2,1H3,(H,18,23). The Hall–Kier alpha value is -2.41. The number of carbonyl (C=O) groups is 1. The molecule has 2 amide bonds. The lowest BCUT2D eigenvalue weighted by atomic mass is 10.1. The first kappa shape index (κ1) is 16.4. The van der Waals surface area contributed by atoms with Crippen molar-refractivity contribution in [1.82, 2.24) is 20.4 Å². The van der Waals surface area contributed by atoms with Crippen LogP contribution in [0.4, 0.5) is 4.79 Å². The van der Waals surface area contributed by atoms with Gasteiger partial charge in [-0.15, -0.1) is 0 Å². The molecule has 7 heteroatoms. The fourth-order valence-corrected chi connectivity index (χ4v) is 3.16. The van der Waals surface area contributed by atoms with E-state index < -0.39 is 0 Å². The van der Waals surface area contributed by atoms with Crippen molar-refractivity contribution in [2.24, 2.45) is 0 Å². The number of hydrogen-bond donors (Lipinski definition) is 2. The van der Waals surface area contributed by atoms with Gasteiger partial charge in [0.25, 0.3) is 0 Å². The highest BCUT2D eigenvalue weighted by atomic mass is 16.5. The number of nitrogens with zero attached hydrogens (tertiary/aromatic N) is 3. The highest BCUT2D eigenvalue weighted by Crippen LogP contribution is 2.35. The zero-order valence-corrected chi connectivity index (χ0v) is 13.7. The Morgan fingerprint density at radius 3 is 3.04 bits per heavy atom. The number of hydrogen-bond acceptors (Lipinski definition) is 5. The number of rotatable bonds is 6. The Morgan fingerprint density at radius 2 is 2.29 bits per heavy atom. The molecule has 2 aromatic rings. The van der Waals surface area contributed by atoms with Gasteiger partial charge in [-0.1, -0.05) is 29.4 Å². The minimum absolute atomic E-state index is 0.0390. The molecule has 2 N–H and O–H groups in total. The predicted octanol–water partition coefficient (Wildman–Crippen LogP) is 1.96. The molecule has 24 heavy (non-hydrogen) atoms. The number of fused-ring (bicyclic) bond motifs is 1. The summed E-state index contributed by atoms with van der Waals surface area (Å²) < 4.78 is 5.02. The molecule has 128 valence electrons. The van der Waals surface area contributed by atoms with E-state index in [0.717, 1.165) is 12.8 Å². The number of urea groups is 1. The first-order valence-corrected chi connectivity index (χ1v) is 8.21. The monoisotopic (exact) mass is 330 g/mol. The molecule has 0 aliphatic heterocycles. The van der Waals surface area contributed by atoms with Crippen molar-refractivity contribution >= 4 is 6.03 Å². The molecule has 3 rings (SSSR count). The van der Waals surface area contributed by atoms with E-state index in [2.05, 4.69) is 27.6 Å². The zero-order valence-electron chi connectivity index (χ0n) is 13.7. The second-order valence-corrected chi connectivity index (χ2v) is 5.92. The normalized spacial score (nSPS) is 16.0. The zero-order chi connectivity index (χ0) is 16.9. The maximum atomic E-state index is 12.7. The molecular weight excluding hydrogens is 308 g/mol.